The third-order valence-electron chi connectivity index (χ3n) is 4.09. The van der Waals surface area contributed by atoms with Crippen LogP contribution in [-0.4, -0.2) is 28.7 Å². The summed E-state index contributed by atoms with van der Waals surface area (Å²) in [7, 11) is 0. The first kappa shape index (κ1) is 12.9. The molecule has 0 unspecified atom stereocenters. The number of aromatic nitrogens is 1. The summed E-state index contributed by atoms with van der Waals surface area (Å²) in [4.78, 5) is 13.1. The largest absolute Gasteiger partial charge is 0.322 e. The molecule has 2 aromatic rings. The van der Waals surface area contributed by atoms with Crippen LogP contribution in [0.4, 0.5) is 0 Å². The molecule has 4 heteroatoms. The van der Waals surface area contributed by atoms with E-state index in [4.69, 9.17) is 0 Å². The summed E-state index contributed by atoms with van der Waals surface area (Å²) in [6, 6.07) is 8.22. The lowest BCUT2D eigenvalue weighted by Gasteiger charge is -2.29. The van der Waals surface area contributed by atoms with Gasteiger partial charge < -0.3 is 9.20 Å². The average molecular weight is 267 g/mol. The zero-order chi connectivity index (χ0) is 13.9. The van der Waals surface area contributed by atoms with E-state index in [2.05, 4.69) is 11.0 Å². The molecule has 0 amide bonds. The van der Waals surface area contributed by atoms with E-state index in [1.807, 2.05) is 35.0 Å². The van der Waals surface area contributed by atoms with Gasteiger partial charge in [-0.15, -0.1) is 0 Å². The third kappa shape index (κ3) is 2.33. The average Bonchev–Trinajstić information content (AvgIpc) is 2.85. The van der Waals surface area contributed by atoms with Crippen molar-refractivity contribution in [3.05, 3.63) is 41.7 Å². The van der Waals surface area contributed by atoms with Crippen molar-refractivity contribution in [1.29, 1.82) is 5.26 Å². The van der Waals surface area contributed by atoms with Crippen LogP contribution in [-0.2, 0) is 11.3 Å². The smallest absolute Gasteiger partial charge is 0.123 e. The maximum atomic E-state index is 10.8. The van der Waals surface area contributed by atoms with Crippen LogP contribution in [0.15, 0.2) is 30.6 Å². The topological polar surface area (TPSA) is 48.5 Å². The molecule has 3 rings (SSSR count). The van der Waals surface area contributed by atoms with E-state index < -0.39 is 0 Å². The Morgan fingerprint density at radius 2 is 2.15 bits per heavy atom. The lowest BCUT2D eigenvalue weighted by Crippen LogP contribution is -2.33. The molecule has 2 aromatic heterocycles. The molecule has 102 valence electrons. The summed E-state index contributed by atoms with van der Waals surface area (Å²) in [5.41, 5.74) is 2.80. The minimum Gasteiger partial charge on any atom is -0.322 e. The Kier molecular flexibility index (Phi) is 3.53. The van der Waals surface area contributed by atoms with Crippen LogP contribution in [0.1, 0.15) is 24.0 Å². The van der Waals surface area contributed by atoms with Gasteiger partial charge in [-0.1, -0.05) is 6.07 Å². The maximum Gasteiger partial charge on any atom is 0.123 e. The van der Waals surface area contributed by atoms with E-state index in [0.717, 1.165) is 55.4 Å². The van der Waals surface area contributed by atoms with Crippen LogP contribution in [0.2, 0.25) is 0 Å². The summed E-state index contributed by atoms with van der Waals surface area (Å²) in [5.74, 6) is 0.217. The number of carbonyl (C=O) groups excluding carboxylic acids is 1. The van der Waals surface area contributed by atoms with Gasteiger partial charge in [0.25, 0.3) is 0 Å². The van der Waals surface area contributed by atoms with Crippen LogP contribution < -0.4 is 0 Å². The molecule has 0 N–H and O–H groups in total. The summed E-state index contributed by atoms with van der Waals surface area (Å²) in [6.07, 6.45) is 6.94. The number of carbonyl (C=O) groups is 1. The van der Waals surface area contributed by atoms with Gasteiger partial charge in [0.1, 0.15) is 12.4 Å². The summed E-state index contributed by atoms with van der Waals surface area (Å²) < 4.78 is 2.01. The number of aldehydes is 1. The molecule has 0 saturated carbocycles. The van der Waals surface area contributed by atoms with Crippen LogP contribution in [0.3, 0.4) is 0 Å². The van der Waals surface area contributed by atoms with Crippen molar-refractivity contribution in [3.8, 4) is 6.07 Å². The van der Waals surface area contributed by atoms with Crippen molar-refractivity contribution in [1.82, 2.24) is 9.30 Å². The second kappa shape index (κ2) is 5.48. The number of piperidine rings is 1. The van der Waals surface area contributed by atoms with Gasteiger partial charge in [-0.25, -0.2) is 0 Å². The molecule has 0 aliphatic carbocycles. The van der Waals surface area contributed by atoms with Crippen molar-refractivity contribution in [2.45, 2.75) is 19.4 Å². The minimum atomic E-state index is 0.217. The normalized spacial score (nSPS) is 17.1. The molecule has 1 aliphatic heterocycles. The molecule has 0 radical (unpaired) electrons. The van der Waals surface area contributed by atoms with Crippen molar-refractivity contribution in [2.24, 2.45) is 5.92 Å². The standard InChI is InChI=1S/C16H17N3O/c17-9-15-14(11-19-6-2-1-3-16(15)19)10-18-7-4-13(12-20)5-8-18/h1-3,6,11-13H,4-5,7-8,10H2. The number of nitrogens with zero attached hydrogens (tertiary/aromatic N) is 3. The van der Waals surface area contributed by atoms with Crippen molar-refractivity contribution in [3.63, 3.8) is 0 Å². The number of pyridine rings is 1. The van der Waals surface area contributed by atoms with E-state index in [1.165, 1.54) is 0 Å². The highest BCUT2D eigenvalue weighted by Gasteiger charge is 2.20. The van der Waals surface area contributed by atoms with E-state index in [9.17, 15) is 10.1 Å². The van der Waals surface area contributed by atoms with Gasteiger partial charge in [-0.2, -0.15) is 5.26 Å². The van der Waals surface area contributed by atoms with Crippen molar-refractivity contribution in [2.75, 3.05) is 13.1 Å². The third-order valence-corrected chi connectivity index (χ3v) is 4.09. The fourth-order valence-electron chi connectivity index (χ4n) is 2.91. The van der Waals surface area contributed by atoms with E-state index in [-0.39, 0.29) is 5.92 Å². The van der Waals surface area contributed by atoms with Crippen molar-refractivity contribution >= 4 is 11.8 Å². The number of hydrogen-bond donors (Lipinski definition) is 0. The monoisotopic (exact) mass is 267 g/mol. The molecule has 20 heavy (non-hydrogen) atoms. The number of fused-ring (bicyclic) bond motifs is 1. The highest BCUT2D eigenvalue weighted by Crippen LogP contribution is 2.22. The molecule has 3 heterocycles. The second-order valence-electron chi connectivity index (χ2n) is 5.38. The Bertz CT molecular complexity index is 660. The number of rotatable bonds is 3. The first-order valence-corrected chi connectivity index (χ1v) is 6.98. The molecule has 1 saturated heterocycles. The van der Waals surface area contributed by atoms with Crippen LogP contribution in [0.5, 0.6) is 0 Å². The second-order valence-corrected chi connectivity index (χ2v) is 5.38. The Balaban J connectivity index is 1.81. The van der Waals surface area contributed by atoms with Crippen LogP contribution >= 0.6 is 0 Å². The zero-order valence-electron chi connectivity index (χ0n) is 11.3. The molecule has 4 nitrogen and oxygen atoms in total. The predicted octanol–water partition coefficient (Wildman–Crippen LogP) is 2.22. The van der Waals surface area contributed by atoms with Crippen molar-refractivity contribution < 1.29 is 4.79 Å². The molecular formula is C16H17N3O. The van der Waals surface area contributed by atoms with Gasteiger partial charge in [-0.3, -0.25) is 4.90 Å². The molecule has 0 spiro atoms. The molecular weight excluding hydrogens is 250 g/mol. The zero-order valence-corrected chi connectivity index (χ0v) is 11.3. The van der Waals surface area contributed by atoms with Gasteiger partial charge >= 0.3 is 0 Å². The summed E-state index contributed by atoms with van der Waals surface area (Å²) in [5, 5.41) is 9.39. The van der Waals surface area contributed by atoms with Gasteiger partial charge in [0.2, 0.25) is 0 Å². The van der Waals surface area contributed by atoms with Gasteiger partial charge in [0.05, 0.1) is 11.1 Å². The highest BCUT2D eigenvalue weighted by molar-refractivity contribution is 5.65. The molecule has 1 fully saturated rings. The quantitative estimate of drug-likeness (QED) is 0.801. The van der Waals surface area contributed by atoms with E-state index in [1.54, 1.807) is 0 Å². The Labute approximate surface area is 118 Å². The highest BCUT2D eigenvalue weighted by atomic mass is 16.1. The number of hydrogen-bond acceptors (Lipinski definition) is 3. The molecule has 0 atom stereocenters. The van der Waals surface area contributed by atoms with Gasteiger partial charge in [-0.05, 0) is 38.1 Å². The van der Waals surface area contributed by atoms with E-state index >= 15 is 0 Å². The Hall–Kier alpha value is -2.12. The molecule has 0 aromatic carbocycles. The molecule has 1 aliphatic rings. The fraction of sp³-hybridized carbons (Fsp3) is 0.375. The minimum absolute atomic E-state index is 0.217. The van der Waals surface area contributed by atoms with E-state index in [0.29, 0.717) is 0 Å². The number of nitriles is 1. The van der Waals surface area contributed by atoms with Gasteiger partial charge in [0.15, 0.2) is 0 Å². The summed E-state index contributed by atoms with van der Waals surface area (Å²) in [6.45, 7) is 2.65. The van der Waals surface area contributed by atoms with Crippen LogP contribution in [0, 0.1) is 17.2 Å². The lowest BCUT2D eigenvalue weighted by atomic mass is 9.98. The first-order chi connectivity index (χ1) is 9.81. The van der Waals surface area contributed by atoms with Gasteiger partial charge in [0, 0.05) is 30.4 Å². The maximum absolute atomic E-state index is 10.8. The first-order valence-electron chi connectivity index (χ1n) is 6.98. The fourth-order valence-corrected chi connectivity index (χ4v) is 2.91. The SMILES string of the molecule is N#Cc1c(CN2CCC(C=O)CC2)cn2ccccc12. The lowest BCUT2D eigenvalue weighted by molar-refractivity contribution is -0.112. The molecule has 0 bridgehead atoms. The Morgan fingerprint density at radius 1 is 1.35 bits per heavy atom. The Morgan fingerprint density at radius 3 is 2.85 bits per heavy atom. The van der Waals surface area contributed by atoms with Crippen LogP contribution in [0.25, 0.3) is 5.52 Å². The summed E-state index contributed by atoms with van der Waals surface area (Å²) >= 11 is 0. The number of likely N-dealkylation sites (tertiary alicyclic amines) is 1. The predicted molar refractivity (Wildman–Crippen MR) is 76.2 cm³/mol.